The van der Waals surface area contributed by atoms with Crippen molar-refractivity contribution in [2.75, 3.05) is 13.1 Å². The molecule has 1 fully saturated rings. The Morgan fingerprint density at radius 2 is 1.90 bits per heavy atom. The molecule has 7 nitrogen and oxygen atoms in total. The minimum atomic E-state index is -3.59. The molecule has 4 rings (SSSR count). The first-order valence-electron chi connectivity index (χ1n) is 9.34. The standard InChI is InChI=1S/C19H20FN3O4S2/c1-2-14-4-6-17(28-14)29(26,27)22-9-7-13(8-10-22)23-18(24)15-11-12(20)3-5-16(15)21-19(23)25/h3-6,11,13H,2,7-10H2,1H3,(H,21,25). The maximum absolute atomic E-state index is 13.5. The SMILES string of the molecule is CCc1ccc(S(=O)(=O)N2CCC(n3c(=O)[nH]c4ccc(F)cc4c3=O)CC2)s1. The van der Waals surface area contributed by atoms with Crippen molar-refractivity contribution in [2.45, 2.75) is 36.4 Å². The highest BCUT2D eigenvalue weighted by Crippen LogP contribution is 2.29. The molecule has 2 aromatic heterocycles. The van der Waals surface area contributed by atoms with E-state index in [2.05, 4.69) is 4.98 Å². The smallest absolute Gasteiger partial charge is 0.307 e. The van der Waals surface area contributed by atoms with Gasteiger partial charge in [0, 0.05) is 24.0 Å². The first-order valence-corrected chi connectivity index (χ1v) is 11.6. The number of fused-ring (bicyclic) bond motifs is 1. The molecule has 1 saturated heterocycles. The highest BCUT2D eigenvalue weighted by atomic mass is 32.2. The second-order valence-electron chi connectivity index (χ2n) is 7.00. The molecular weight excluding hydrogens is 417 g/mol. The van der Waals surface area contributed by atoms with Gasteiger partial charge in [-0.15, -0.1) is 11.3 Å². The lowest BCUT2D eigenvalue weighted by molar-refractivity contribution is 0.266. The van der Waals surface area contributed by atoms with Crippen LogP contribution in [0.4, 0.5) is 4.39 Å². The zero-order chi connectivity index (χ0) is 20.8. The quantitative estimate of drug-likeness (QED) is 0.679. The summed E-state index contributed by atoms with van der Waals surface area (Å²) < 4.78 is 42.1. The van der Waals surface area contributed by atoms with Gasteiger partial charge in [-0.05, 0) is 49.6 Å². The molecule has 0 bridgehead atoms. The number of hydrogen-bond donors (Lipinski definition) is 1. The molecular formula is C19H20FN3O4S2. The molecule has 3 heterocycles. The lowest BCUT2D eigenvalue weighted by Gasteiger charge is -2.31. The van der Waals surface area contributed by atoms with Crippen LogP contribution in [0.2, 0.25) is 0 Å². The summed E-state index contributed by atoms with van der Waals surface area (Å²) in [6.07, 6.45) is 1.43. The maximum Gasteiger partial charge on any atom is 0.329 e. The van der Waals surface area contributed by atoms with Gasteiger partial charge < -0.3 is 4.98 Å². The molecule has 0 saturated carbocycles. The van der Waals surface area contributed by atoms with Crippen molar-refractivity contribution in [3.63, 3.8) is 0 Å². The van der Waals surface area contributed by atoms with Crippen LogP contribution < -0.4 is 11.2 Å². The summed E-state index contributed by atoms with van der Waals surface area (Å²) in [6.45, 7) is 2.39. The molecule has 0 aliphatic carbocycles. The second-order valence-corrected chi connectivity index (χ2v) is 10.3. The third-order valence-corrected chi connectivity index (χ3v) is 8.86. The minimum Gasteiger partial charge on any atom is -0.307 e. The van der Waals surface area contributed by atoms with Gasteiger partial charge in [0.2, 0.25) is 0 Å². The number of aromatic amines is 1. The van der Waals surface area contributed by atoms with Gasteiger partial charge in [0.1, 0.15) is 10.0 Å². The Bertz CT molecular complexity index is 1280. The number of piperidine rings is 1. The lowest BCUT2D eigenvalue weighted by atomic mass is 10.1. The van der Waals surface area contributed by atoms with Crippen molar-refractivity contribution in [3.8, 4) is 0 Å². The monoisotopic (exact) mass is 437 g/mol. The first-order chi connectivity index (χ1) is 13.8. The topological polar surface area (TPSA) is 92.2 Å². The number of sulfonamides is 1. The van der Waals surface area contributed by atoms with Gasteiger partial charge in [-0.25, -0.2) is 17.6 Å². The van der Waals surface area contributed by atoms with E-state index in [1.165, 1.54) is 27.8 Å². The molecule has 29 heavy (non-hydrogen) atoms. The van der Waals surface area contributed by atoms with Crippen LogP contribution in [0.1, 0.15) is 30.7 Å². The minimum absolute atomic E-state index is 0.102. The molecule has 0 spiro atoms. The van der Waals surface area contributed by atoms with Crippen LogP contribution in [-0.4, -0.2) is 35.4 Å². The molecule has 1 N–H and O–H groups in total. The molecule has 10 heteroatoms. The van der Waals surface area contributed by atoms with Crippen LogP contribution in [0.15, 0.2) is 44.1 Å². The largest absolute Gasteiger partial charge is 0.329 e. The number of nitrogens with zero attached hydrogens (tertiary/aromatic N) is 2. The van der Waals surface area contributed by atoms with Crippen molar-refractivity contribution in [3.05, 3.63) is 61.9 Å². The summed E-state index contributed by atoms with van der Waals surface area (Å²) in [5.41, 5.74) is -0.848. The van der Waals surface area contributed by atoms with Gasteiger partial charge >= 0.3 is 5.69 Å². The van der Waals surface area contributed by atoms with Crippen LogP contribution in [0.25, 0.3) is 10.9 Å². The predicted octanol–water partition coefficient (Wildman–Crippen LogP) is 2.48. The van der Waals surface area contributed by atoms with E-state index in [0.29, 0.717) is 17.1 Å². The first kappa shape index (κ1) is 20.0. The fraction of sp³-hybridized carbons (Fsp3) is 0.368. The summed E-state index contributed by atoms with van der Waals surface area (Å²) in [6, 6.07) is 6.64. The van der Waals surface area contributed by atoms with Crippen molar-refractivity contribution >= 4 is 32.3 Å². The molecule has 0 amide bonds. The van der Waals surface area contributed by atoms with E-state index in [4.69, 9.17) is 0 Å². The average Bonchev–Trinajstić information content (AvgIpc) is 3.19. The van der Waals surface area contributed by atoms with Gasteiger partial charge in [0.15, 0.2) is 0 Å². The van der Waals surface area contributed by atoms with E-state index < -0.39 is 33.1 Å². The van der Waals surface area contributed by atoms with Gasteiger partial charge in [0.05, 0.1) is 10.9 Å². The second kappa shape index (κ2) is 7.51. The summed E-state index contributed by atoms with van der Waals surface area (Å²) >= 11 is 1.26. The number of halogens is 1. The van der Waals surface area contributed by atoms with Crippen molar-refractivity contribution in [1.29, 1.82) is 0 Å². The van der Waals surface area contributed by atoms with E-state index >= 15 is 0 Å². The Balaban J connectivity index is 1.60. The molecule has 154 valence electrons. The number of aryl methyl sites for hydroxylation is 1. The predicted molar refractivity (Wildman–Crippen MR) is 110 cm³/mol. The van der Waals surface area contributed by atoms with Crippen molar-refractivity contribution in [2.24, 2.45) is 0 Å². The molecule has 0 atom stereocenters. The van der Waals surface area contributed by atoms with Gasteiger partial charge in [-0.2, -0.15) is 4.31 Å². The van der Waals surface area contributed by atoms with Gasteiger partial charge in [-0.1, -0.05) is 6.92 Å². The average molecular weight is 438 g/mol. The Kier molecular flexibility index (Phi) is 5.18. The highest BCUT2D eigenvalue weighted by Gasteiger charge is 2.32. The lowest BCUT2D eigenvalue weighted by Crippen LogP contribution is -2.44. The highest BCUT2D eigenvalue weighted by molar-refractivity contribution is 7.91. The van der Waals surface area contributed by atoms with E-state index in [1.54, 1.807) is 6.07 Å². The van der Waals surface area contributed by atoms with E-state index in [9.17, 15) is 22.4 Å². The number of nitrogens with one attached hydrogen (secondary N) is 1. The summed E-state index contributed by atoms with van der Waals surface area (Å²) in [4.78, 5) is 28.9. The summed E-state index contributed by atoms with van der Waals surface area (Å²) in [5.74, 6) is -0.559. The Morgan fingerprint density at radius 1 is 1.17 bits per heavy atom. The maximum atomic E-state index is 13.5. The van der Waals surface area contributed by atoms with Crippen LogP contribution in [0.3, 0.4) is 0 Å². The molecule has 0 unspecified atom stereocenters. The van der Waals surface area contributed by atoms with Crippen LogP contribution in [-0.2, 0) is 16.4 Å². The summed E-state index contributed by atoms with van der Waals surface area (Å²) in [5, 5.41) is 0.102. The number of thiophene rings is 1. The Morgan fingerprint density at radius 3 is 2.55 bits per heavy atom. The number of hydrogen-bond acceptors (Lipinski definition) is 5. The molecule has 1 aliphatic heterocycles. The van der Waals surface area contributed by atoms with Crippen LogP contribution in [0, 0.1) is 5.82 Å². The summed E-state index contributed by atoms with van der Waals surface area (Å²) in [7, 11) is -3.59. The van der Waals surface area contributed by atoms with E-state index in [-0.39, 0.29) is 24.0 Å². The van der Waals surface area contributed by atoms with Gasteiger partial charge in [-0.3, -0.25) is 9.36 Å². The van der Waals surface area contributed by atoms with Crippen molar-refractivity contribution < 1.29 is 12.8 Å². The number of rotatable bonds is 4. The third kappa shape index (κ3) is 3.56. The Hall–Kier alpha value is -2.30. The Labute approximate surface area is 170 Å². The van der Waals surface area contributed by atoms with Crippen LogP contribution >= 0.6 is 11.3 Å². The molecule has 0 radical (unpaired) electrons. The van der Waals surface area contributed by atoms with Crippen molar-refractivity contribution in [1.82, 2.24) is 13.9 Å². The fourth-order valence-corrected chi connectivity index (χ4v) is 6.61. The normalized spacial score (nSPS) is 16.5. The fourth-order valence-electron chi connectivity index (χ4n) is 3.69. The number of H-pyrrole nitrogens is 1. The van der Waals surface area contributed by atoms with Gasteiger partial charge in [0.25, 0.3) is 15.6 Å². The zero-order valence-corrected chi connectivity index (χ0v) is 17.4. The zero-order valence-electron chi connectivity index (χ0n) is 15.7. The molecule has 3 aromatic rings. The third-order valence-electron chi connectivity index (χ3n) is 5.26. The van der Waals surface area contributed by atoms with E-state index in [0.717, 1.165) is 21.9 Å². The molecule has 1 aliphatic rings. The number of benzene rings is 1. The molecule has 1 aromatic carbocycles. The van der Waals surface area contributed by atoms with Crippen LogP contribution in [0.5, 0.6) is 0 Å². The number of aromatic nitrogens is 2. The van der Waals surface area contributed by atoms with E-state index in [1.807, 2.05) is 13.0 Å².